The van der Waals surface area contributed by atoms with Crippen LogP contribution in [0.4, 0.5) is 5.13 Å². The van der Waals surface area contributed by atoms with Gasteiger partial charge in [0.05, 0.1) is 12.1 Å². The molecule has 0 aliphatic carbocycles. The lowest BCUT2D eigenvalue weighted by Crippen LogP contribution is -2.28. The van der Waals surface area contributed by atoms with Crippen LogP contribution in [0.15, 0.2) is 0 Å². The van der Waals surface area contributed by atoms with Crippen LogP contribution in [0.1, 0.15) is 31.2 Å². The summed E-state index contributed by atoms with van der Waals surface area (Å²) in [6, 6.07) is 0. The Morgan fingerprint density at radius 2 is 2.25 bits per heavy atom. The zero-order valence-corrected chi connectivity index (χ0v) is 10.3. The third-order valence-electron chi connectivity index (χ3n) is 3.00. The Labute approximate surface area is 99.3 Å². The maximum atomic E-state index is 9.97. The molecule has 0 spiro atoms. The minimum absolute atomic E-state index is 0.505. The molecule has 0 saturated carbocycles. The highest BCUT2D eigenvalue weighted by Gasteiger charge is 2.25. The minimum Gasteiger partial charge on any atom is -0.390 e. The van der Waals surface area contributed by atoms with E-state index in [1.165, 1.54) is 11.3 Å². The second kappa shape index (κ2) is 4.65. The number of hydrogen-bond donors (Lipinski definition) is 2. The van der Waals surface area contributed by atoms with Crippen LogP contribution in [0.25, 0.3) is 0 Å². The van der Waals surface area contributed by atoms with E-state index in [9.17, 15) is 5.11 Å². The van der Waals surface area contributed by atoms with Gasteiger partial charge in [0.1, 0.15) is 5.01 Å². The molecule has 2 heterocycles. The number of hydrogen-bond acceptors (Lipinski definition) is 6. The predicted molar refractivity (Wildman–Crippen MR) is 64.1 cm³/mol. The fraction of sp³-hybridized carbons (Fsp3) is 0.800. The zero-order valence-electron chi connectivity index (χ0n) is 9.52. The Balaban J connectivity index is 1.91. The first-order valence-electron chi connectivity index (χ1n) is 5.58. The van der Waals surface area contributed by atoms with Crippen molar-refractivity contribution in [1.82, 2.24) is 15.1 Å². The summed E-state index contributed by atoms with van der Waals surface area (Å²) in [5.74, 6) is 0. The van der Waals surface area contributed by atoms with Gasteiger partial charge in [-0.25, -0.2) is 0 Å². The van der Waals surface area contributed by atoms with E-state index in [2.05, 4.69) is 15.1 Å². The van der Waals surface area contributed by atoms with Crippen LogP contribution in [0.3, 0.4) is 0 Å². The van der Waals surface area contributed by atoms with Gasteiger partial charge in [0.15, 0.2) is 0 Å². The Hall–Kier alpha value is -0.720. The van der Waals surface area contributed by atoms with Crippen molar-refractivity contribution >= 4 is 16.5 Å². The number of rotatable bonds is 2. The highest BCUT2D eigenvalue weighted by atomic mass is 32.1. The van der Waals surface area contributed by atoms with Crippen LogP contribution in [0, 0.1) is 0 Å². The van der Waals surface area contributed by atoms with Gasteiger partial charge in [0, 0.05) is 6.54 Å². The molecule has 6 heteroatoms. The average Bonchev–Trinajstić information content (AvgIpc) is 2.52. The number of aromatic nitrogens is 2. The second-order valence-corrected chi connectivity index (χ2v) is 5.75. The molecule has 1 atom stereocenters. The molecule has 2 rings (SSSR count). The Morgan fingerprint density at radius 3 is 2.94 bits per heavy atom. The molecule has 0 aromatic carbocycles. The summed E-state index contributed by atoms with van der Waals surface area (Å²) in [5.41, 5.74) is 5.04. The fourth-order valence-electron chi connectivity index (χ4n) is 2.00. The smallest absolute Gasteiger partial charge is 0.203 e. The van der Waals surface area contributed by atoms with Crippen LogP contribution in [0.2, 0.25) is 0 Å². The fourth-order valence-corrected chi connectivity index (χ4v) is 2.65. The molecule has 0 bridgehead atoms. The molecule has 1 fully saturated rings. The van der Waals surface area contributed by atoms with Gasteiger partial charge in [-0.3, -0.25) is 4.90 Å². The van der Waals surface area contributed by atoms with E-state index >= 15 is 0 Å². The first-order valence-corrected chi connectivity index (χ1v) is 6.39. The molecular formula is C10H18N4OS. The summed E-state index contributed by atoms with van der Waals surface area (Å²) < 4.78 is 0. The normalized spacial score (nSPS) is 27.9. The van der Waals surface area contributed by atoms with E-state index in [1.807, 2.05) is 6.92 Å². The van der Waals surface area contributed by atoms with E-state index < -0.39 is 5.60 Å². The van der Waals surface area contributed by atoms with E-state index in [0.717, 1.165) is 43.9 Å². The second-order valence-electron chi connectivity index (χ2n) is 4.66. The highest BCUT2D eigenvalue weighted by molar-refractivity contribution is 7.15. The van der Waals surface area contributed by atoms with Gasteiger partial charge < -0.3 is 10.8 Å². The van der Waals surface area contributed by atoms with Crippen molar-refractivity contribution in [2.24, 2.45) is 0 Å². The van der Waals surface area contributed by atoms with Gasteiger partial charge in [-0.15, -0.1) is 10.2 Å². The van der Waals surface area contributed by atoms with Crippen LogP contribution >= 0.6 is 11.3 Å². The lowest BCUT2D eigenvalue weighted by Gasteiger charge is -2.21. The quantitative estimate of drug-likeness (QED) is 0.804. The molecule has 16 heavy (non-hydrogen) atoms. The van der Waals surface area contributed by atoms with Crippen molar-refractivity contribution in [1.29, 1.82) is 0 Å². The summed E-state index contributed by atoms with van der Waals surface area (Å²) in [6.45, 7) is 4.63. The number of aliphatic hydroxyl groups is 1. The number of nitrogens with two attached hydrogens (primary N) is 1. The summed E-state index contributed by atoms with van der Waals surface area (Å²) in [7, 11) is 0. The SMILES string of the molecule is CC1(O)CCCN(Cc2nnc(N)s2)CC1. The van der Waals surface area contributed by atoms with Crippen molar-refractivity contribution in [2.45, 2.75) is 38.3 Å². The van der Waals surface area contributed by atoms with Crippen LogP contribution in [0.5, 0.6) is 0 Å². The molecule has 1 aliphatic heterocycles. The van der Waals surface area contributed by atoms with Crippen LogP contribution in [-0.2, 0) is 6.54 Å². The molecule has 1 saturated heterocycles. The zero-order chi connectivity index (χ0) is 11.6. The minimum atomic E-state index is -0.505. The van der Waals surface area contributed by atoms with Crippen LogP contribution in [-0.4, -0.2) is 38.9 Å². The molecule has 3 N–H and O–H groups in total. The summed E-state index contributed by atoms with van der Waals surface area (Å²) in [5, 5.41) is 19.3. The first kappa shape index (κ1) is 11.8. The van der Waals surface area contributed by atoms with Crippen molar-refractivity contribution in [3.05, 3.63) is 5.01 Å². The molecule has 1 aromatic heterocycles. The van der Waals surface area contributed by atoms with E-state index in [-0.39, 0.29) is 0 Å². The lowest BCUT2D eigenvalue weighted by molar-refractivity contribution is 0.0444. The van der Waals surface area contributed by atoms with E-state index in [4.69, 9.17) is 5.73 Å². The lowest BCUT2D eigenvalue weighted by atomic mass is 9.98. The molecule has 5 nitrogen and oxygen atoms in total. The largest absolute Gasteiger partial charge is 0.390 e. The number of nitrogen functional groups attached to an aromatic ring is 1. The third-order valence-corrected chi connectivity index (χ3v) is 3.73. The summed E-state index contributed by atoms with van der Waals surface area (Å²) in [6.07, 6.45) is 2.73. The van der Waals surface area contributed by atoms with Gasteiger partial charge in [0.25, 0.3) is 0 Å². The van der Waals surface area contributed by atoms with Crippen molar-refractivity contribution in [3.8, 4) is 0 Å². The maximum Gasteiger partial charge on any atom is 0.203 e. The summed E-state index contributed by atoms with van der Waals surface area (Å²) in [4.78, 5) is 2.31. The van der Waals surface area contributed by atoms with Crippen molar-refractivity contribution in [2.75, 3.05) is 18.8 Å². The maximum absolute atomic E-state index is 9.97. The molecule has 1 aliphatic rings. The average molecular weight is 242 g/mol. The van der Waals surface area contributed by atoms with Gasteiger partial charge in [0.2, 0.25) is 5.13 Å². The monoisotopic (exact) mass is 242 g/mol. The Morgan fingerprint density at radius 1 is 1.44 bits per heavy atom. The Kier molecular flexibility index (Phi) is 3.41. The third kappa shape index (κ3) is 3.13. The molecule has 1 unspecified atom stereocenters. The summed E-state index contributed by atoms with van der Waals surface area (Å²) >= 11 is 1.44. The standard InChI is InChI=1S/C10H18N4OS/c1-10(15)3-2-5-14(6-4-10)7-8-12-13-9(11)16-8/h15H,2-7H2,1H3,(H2,11,13). The number of likely N-dealkylation sites (tertiary alicyclic amines) is 1. The van der Waals surface area contributed by atoms with E-state index in [1.54, 1.807) is 0 Å². The number of nitrogens with zero attached hydrogens (tertiary/aromatic N) is 3. The van der Waals surface area contributed by atoms with Gasteiger partial charge in [-0.1, -0.05) is 11.3 Å². The molecule has 1 aromatic rings. The first-order chi connectivity index (χ1) is 7.55. The van der Waals surface area contributed by atoms with Gasteiger partial charge in [-0.2, -0.15) is 0 Å². The van der Waals surface area contributed by atoms with Crippen LogP contribution < -0.4 is 5.73 Å². The van der Waals surface area contributed by atoms with Crippen molar-refractivity contribution in [3.63, 3.8) is 0 Å². The highest BCUT2D eigenvalue weighted by Crippen LogP contribution is 2.23. The Bertz CT molecular complexity index is 352. The molecule has 0 radical (unpaired) electrons. The number of anilines is 1. The molecule has 0 amide bonds. The van der Waals surface area contributed by atoms with Crippen molar-refractivity contribution < 1.29 is 5.11 Å². The van der Waals surface area contributed by atoms with E-state index in [0.29, 0.717) is 5.13 Å². The molecular weight excluding hydrogens is 224 g/mol. The van der Waals surface area contributed by atoms with Gasteiger partial charge >= 0.3 is 0 Å². The predicted octanol–water partition coefficient (Wildman–Crippen LogP) is 0.857. The molecule has 90 valence electrons. The topological polar surface area (TPSA) is 75.3 Å². The van der Waals surface area contributed by atoms with Gasteiger partial charge in [-0.05, 0) is 32.7 Å².